The number of aliphatic imine (C=N–C) groups is 1. The van der Waals surface area contributed by atoms with E-state index in [9.17, 15) is 15.2 Å². The maximum atomic E-state index is 12.3. The molecule has 0 radical (unpaired) electrons. The molecule has 0 spiro atoms. The molecule has 5 nitrogen and oxygen atoms in total. The average Bonchev–Trinajstić information content (AvgIpc) is 2.49. The third kappa shape index (κ3) is 3.27. The van der Waals surface area contributed by atoms with E-state index in [0.717, 1.165) is 0 Å². The molecule has 0 bridgehead atoms. The van der Waals surface area contributed by atoms with Crippen LogP contribution < -0.4 is 5.56 Å². The highest BCUT2D eigenvalue weighted by atomic mass is 35.5. The zero-order chi connectivity index (χ0) is 17.1. The fraction of sp³-hybridized carbons (Fsp3) is 0.235. The number of pyridine rings is 1. The lowest BCUT2D eigenvalue weighted by atomic mass is 10.1. The lowest BCUT2D eigenvalue weighted by Gasteiger charge is -2.16. The van der Waals surface area contributed by atoms with Crippen LogP contribution in [0.1, 0.15) is 36.6 Å². The molecule has 2 rings (SSSR count). The molecule has 1 aromatic carbocycles. The van der Waals surface area contributed by atoms with Crippen LogP contribution in [0.2, 0.25) is 5.02 Å². The van der Waals surface area contributed by atoms with Crippen LogP contribution in [-0.2, 0) is 0 Å². The number of halogens is 1. The van der Waals surface area contributed by atoms with E-state index in [0.29, 0.717) is 21.8 Å². The first kappa shape index (κ1) is 16.8. The first-order valence-electron chi connectivity index (χ1n) is 7.04. The van der Waals surface area contributed by atoms with Gasteiger partial charge in [0.1, 0.15) is 11.6 Å². The summed E-state index contributed by atoms with van der Waals surface area (Å²) in [5.74, 6) is -0.195. The molecule has 0 atom stereocenters. The predicted molar refractivity (Wildman–Crippen MR) is 90.9 cm³/mol. The van der Waals surface area contributed by atoms with Gasteiger partial charge in [0.25, 0.3) is 5.56 Å². The summed E-state index contributed by atoms with van der Waals surface area (Å²) in [7, 11) is 0. The monoisotopic (exact) mass is 329 g/mol. The van der Waals surface area contributed by atoms with Gasteiger partial charge in [-0.3, -0.25) is 14.4 Å². The molecule has 0 saturated carbocycles. The number of aromatic nitrogens is 1. The first-order valence-corrected chi connectivity index (χ1v) is 7.42. The third-order valence-electron chi connectivity index (χ3n) is 3.48. The minimum absolute atomic E-state index is 0.00839. The zero-order valence-electron chi connectivity index (χ0n) is 13.0. The van der Waals surface area contributed by atoms with E-state index in [-0.39, 0.29) is 17.5 Å². The smallest absolute Gasteiger partial charge is 0.271 e. The molecule has 0 saturated heterocycles. The molecule has 6 heteroatoms. The summed E-state index contributed by atoms with van der Waals surface area (Å²) < 4.78 is 1.19. The van der Waals surface area contributed by atoms with Gasteiger partial charge in [0.05, 0.1) is 11.3 Å². The van der Waals surface area contributed by atoms with Crippen LogP contribution >= 0.6 is 11.6 Å². The van der Waals surface area contributed by atoms with Crippen LogP contribution in [0.25, 0.3) is 0 Å². The highest BCUT2D eigenvalue weighted by Gasteiger charge is 2.19. The molecule has 0 aliphatic rings. The quantitative estimate of drug-likeness (QED) is 0.872. The second-order valence-corrected chi connectivity index (χ2v) is 5.79. The molecule has 0 aliphatic carbocycles. The zero-order valence-corrected chi connectivity index (χ0v) is 13.8. The first-order chi connectivity index (χ1) is 10.9. The molecule has 2 aromatic rings. The summed E-state index contributed by atoms with van der Waals surface area (Å²) in [5, 5.41) is 20.2. The lowest BCUT2D eigenvalue weighted by molar-refractivity contribution is 0.386. The Kier molecular flexibility index (Phi) is 4.87. The van der Waals surface area contributed by atoms with Gasteiger partial charge in [-0.05, 0) is 50.6 Å². The Labute approximate surface area is 139 Å². The molecular formula is C17H16ClN3O2. The molecule has 1 aromatic heterocycles. The SMILES string of the molecule is Cc1c(C=Nc2ccc(Cl)cc2)c(O)n(C(C)C)c(=O)c1C#N. The van der Waals surface area contributed by atoms with E-state index in [4.69, 9.17) is 11.6 Å². The molecule has 23 heavy (non-hydrogen) atoms. The van der Waals surface area contributed by atoms with Crippen molar-refractivity contribution in [1.29, 1.82) is 5.26 Å². The number of nitrogens with zero attached hydrogens (tertiary/aromatic N) is 3. The van der Waals surface area contributed by atoms with Crippen molar-refractivity contribution in [3.05, 3.63) is 56.3 Å². The van der Waals surface area contributed by atoms with Crippen LogP contribution in [0.4, 0.5) is 5.69 Å². The number of aromatic hydroxyl groups is 1. The van der Waals surface area contributed by atoms with Crippen molar-refractivity contribution < 1.29 is 5.11 Å². The second-order valence-electron chi connectivity index (χ2n) is 5.35. The Balaban J connectivity index is 2.62. The number of hydrogen-bond acceptors (Lipinski definition) is 4. The van der Waals surface area contributed by atoms with Crippen LogP contribution in [-0.4, -0.2) is 15.9 Å². The van der Waals surface area contributed by atoms with E-state index in [1.807, 2.05) is 6.07 Å². The van der Waals surface area contributed by atoms with Crippen molar-refractivity contribution in [3.63, 3.8) is 0 Å². The molecule has 0 amide bonds. The van der Waals surface area contributed by atoms with Crippen molar-refractivity contribution >= 4 is 23.5 Å². The standard InChI is InChI=1S/C17H16ClN3O2/c1-10(2)21-16(22)14(8-19)11(3)15(17(21)23)9-20-13-6-4-12(18)5-7-13/h4-7,9-10,23H,1-3H3. The molecule has 1 N–H and O–H groups in total. The van der Waals surface area contributed by atoms with Crippen molar-refractivity contribution in [3.8, 4) is 11.9 Å². The van der Waals surface area contributed by atoms with Crippen LogP contribution in [0, 0.1) is 18.3 Å². The van der Waals surface area contributed by atoms with E-state index < -0.39 is 5.56 Å². The maximum absolute atomic E-state index is 12.3. The molecular weight excluding hydrogens is 314 g/mol. The van der Waals surface area contributed by atoms with Crippen molar-refractivity contribution in [2.45, 2.75) is 26.8 Å². The largest absolute Gasteiger partial charge is 0.494 e. The van der Waals surface area contributed by atoms with Gasteiger partial charge in [-0.25, -0.2) is 0 Å². The maximum Gasteiger partial charge on any atom is 0.271 e. The fourth-order valence-electron chi connectivity index (χ4n) is 2.24. The normalized spacial score (nSPS) is 11.1. The van der Waals surface area contributed by atoms with Crippen molar-refractivity contribution in [1.82, 2.24) is 4.57 Å². The van der Waals surface area contributed by atoms with Gasteiger partial charge >= 0.3 is 0 Å². The fourth-order valence-corrected chi connectivity index (χ4v) is 2.37. The summed E-state index contributed by atoms with van der Waals surface area (Å²) in [6, 6.07) is 8.50. The Bertz CT molecular complexity index is 859. The van der Waals surface area contributed by atoms with E-state index in [1.54, 1.807) is 45.0 Å². The number of benzene rings is 1. The van der Waals surface area contributed by atoms with Gasteiger partial charge in [0, 0.05) is 17.3 Å². The topological polar surface area (TPSA) is 78.4 Å². The Morgan fingerprint density at radius 2 is 1.96 bits per heavy atom. The van der Waals surface area contributed by atoms with Crippen molar-refractivity contribution in [2.75, 3.05) is 0 Å². The highest BCUT2D eigenvalue weighted by Crippen LogP contribution is 2.24. The second kappa shape index (κ2) is 6.67. The average molecular weight is 330 g/mol. The van der Waals surface area contributed by atoms with E-state index in [1.165, 1.54) is 10.8 Å². The van der Waals surface area contributed by atoms with E-state index in [2.05, 4.69) is 4.99 Å². The van der Waals surface area contributed by atoms with Crippen molar-refractivity contribution in [2.24, 2.45) is 4.99 Å². The number of nitriles is 1. The minimum Gasteiger partial charge on any atom is -0.494 e. The van der Waals surface area contributed by atoms with Gasteiger partial charge in [-0.1, -0.05) is 11.6 Å². The number of hydrogen-bond donors (Lipinski definition) is 1. The highest BCUT2D eigenvalue weighted by molar-refractivity contribution is 6.30. The van der Waals surface area contributed by atoms with E-state index >= 15 is 0 Å². The van der Waals surface area contributed by atoms with Crippen LogP contribution in [0.5, 0.6) is 5.88 Å². The molecule has 0 unspecified atom stereocenters. The molecule has 118 valence electrons. The van der Waals surface area contributed by atoms with Crippen LogP contribution in [0.15, 0.2) is 34.1 Å². The summed E-state index contributed by atoms with van der Waals surface area (Å²) >= 11 is 5.83. The van der Waals surface area contributed by atoms with Gasteiger partial charge in [0.2, 0.25) is 5.88 Å². The minimum atomic E-state index is -0.499. The summed E-state index contributed by atoms with van der Waals surface area (Å²) in [6.07, 6.45) is 1.45. The van der Waals surface area contributed by atoms with Gasteiger partial charge in [-0.15, -0.1) is 0 Å². The molecule has 0 fully saturated rings. The van der Waals surface area contributed by atoms with Gasteiger partial charge in [-0.2, -0.15) is 5.26 Å². The molecule has 1 heterocycles. The summed E-state index contributed by atoms with van der Waals surface area (Å²) in [4.78, 5) is 16.5. The Hall–Kier alpha value is -2.58. The lowest BCUT2D eigenvalue weighted by Crippen LogP contribution is -2.26. The third-order valence-corrected chi connectivity index (χ3v) is 3.73. The van der Waals surface area contributed by atoms with Gasteiger partial charge in [0.15, 0.2) is 0 Å². The Morgan fingerprint density at radius 1 is 1.35 bits per heavy atom. The van der Waals surface area contributed by atoms with Crippen LogP contribution in [0.3, 0.4) is 0 Å². The Morgan fingerprint density at radius 3 is 2.48 bits per heavy atom. The number of rotatable bonds is 3. The molecule has 0 aliphatic heterocycles. The summed E-state index contributed by atoms with van der Waals surface area (Å²) in [6.45, 7) is 5.14. The predicted octanol–water partition coefficient (Wildman–Crippen LogP) is 3.72. The van der Waals surface area contributed by atoms with Gasteiger partial charge < -0.3 is 5.11 Å². The summed E-state index contributed by atoms with van der Waals surface area (Å²) in [5.41, 5.74) is 0.915.